The van der Waals surface area contributed by atoms with Crippen LogP contribution in [0, 0.1) is 17.0 Å². The van der Waals surface area contributed by atoms with Crippen LogP contribution in [-0.2, 0) is 4.79 Å². The van der Waals surface area contributed by atoms with Gasteiger partial charge in [-0.3, -0.25) is 30.6 Å². The third-order valence-corrected chi connectivity index (χ3v) is 3.54. The van der Waals surface area contributed by atoms with Gasteiger partial charge in [-0.1, -0.05) is 29.3 Å². The van der Waals surface area contributed by atoms with Gasteiger partial charge in [0.1, 0.15) is 0 Å². The molecule has 0 aromatic heterocycles. The first kappa shape index (κ1) is 18.2. The van der Waals surface area contributed by atoms with E-state index in [0.29, 0.717) is 0 Å². The zero-order chi connectivity index (χ0) is 18.4. The second-order valence-corrected chi connectivity index (χ2v) is 5.55. The Morgan fingerprint density at radius 1 is 1.12 bits per heavy atom. The van der Waals surface area contributed by atoms with Gasteiger partial charge in [-0.15, -0.1) is 0 Å². The Hall–Kier alpha value is -3.13. The Kier molecular flexibility index (Phi) is 5.91. The van der Waals surface area contributed by atoms with E-state index in [1.54, 1.807) is 0 Å². The smallest absolute Gasteiger partial charge is 0.271 e. The van der Waals surface area contributed by atoms with Crippen LogP contribution in [0.4, 0.5) is 11.4 Å². The number of hydrogen-bond donors (Lipinski definition) is 3. The normalized spacial score (nSPS) is 10.0. The number of hydrogen-bond acceptors (Lipinski definition) is 5. The van der Waals surface area contributed by atoms with Crippen LogP contribution >= 0.6 is 11.6 Å². The molecule has 25 heavy (non-hydrogen) atoms. The summed E-state index contributed by atoms with van der Waals surface area (Å²) in [7, 11) is 0. The maximum atomic E-state index is 12.0. The number of carbonyl (C=O) groups excluding carboxylic acids is 2. The summed E-state index contributed by atoms with van der Waals surface area (Å²) in [6.45, 7) is 1.91. The lowest BCUT2D eigenvalue weighted by Gasteiger charge is -2.10. The molecular weight excluding hydrogens is 348 g/mol. The van der Waals surface area contributed by atoms with Crippen LogP contribution in [-0.4, -0.2) is 23.3 Å². The summed E-state index contributed by atoms with van der Waals surface area (Å²) in [5.74, 6) is -1.14. The van der Waals surface area contributed by atoms with E-state index in [-0.39, 0.29) is 22.8 Å². The summed E-state index contributed by atoms with van der Waals surface area (Å²) < 4.78 is 0. The van der Waals surface area contributed by atoms with Crippen molar-refractivity contribution < 1.29 is 14.5 Å². The van der Waals surface area contributed by atoms with Crippen molar-refractivity contribution >= 4 is 34.8 Å². The summed E-state index contributed by atoms with van der Waals surface area (Å²) in [6.07, 6.45) is 0. The number of nitrogens with zero attached hydrogens (tertiary/aromatic N) is 1. The zero-order valence-electron chi connectivity index (χ0n) is 13.2. The number of nitro groups is 1. The maximum absolute atomic E-state index is 12.0. The molecule has 0 aliphatic carbocycles. The van der Waals surface area contributed by atoms with Gasteiger partial charge in [0.2, 0.25) is 0 Å². The third kappa shape index (κ3) is 5.18. The molecule has 2 aromatic carbocycles. The number of nitrogens with one attached hydrogen (secondary N) is 3. The molecule has 9 heteroatoms. The zero-order valence-corrected chi connectivity index (χ0v) is 14.0. The molecule has 0 spiro atoms. The molecule has 2 aromatic rings. The first-order valence-electron chi connectivity index (χ1n) is 7.20. The molecule has 2 amide bonds. The van der Waals surface area contributed by atoms with Crippen LogP contribution in [0.5, 0.6) is 0 Å². The molecule has 0 atom stereocenters. The fraction of sp³-hybridized carbons (Fsp3) is 0.125. The molecule has 130 valence electrons. The number of halogens is 1. The highest BCUT2D eigenvalue weighted by Gasteiger charge is 2.15. The second kappa shape index (κ2) is 8.11. The number of nitro benzene ring substituents is 1. The summed E-state index contributed by atoms with van der Waals surface area (Å²) in [5.41, 5.74) is 6.09. The molecule has 0 saturated carbocycles. The minimum Gasteiger partial charge on any atom is -0.376 e. The van der Waals surface area contributed by atoms with Gasteiger partial charge >= 0.3 is 0 Å². The Morgan fingerprint density at radius 3 is 2.40 bits per heavy atom. The van der Waals surface area contributed by atoms with E-state index in [1.165, 1.54) is 6.07 Å². The van der Waals surface area contributed by atoms with E-state index in [4.69, 9.17) is 11.6 Å². The lowest BCUT2D eigenvalue weighted by molar-refractivity contribution is -0.384. The van der Waals surface area contributed by atoms with Gasteiger partial charge < -0.3 is 5.32 Å². The van der Waals surface area contributed by atoms with Gasteiger partial charge in [-0.2, -0.15) is 0 Å². The molecule has 3 N–H and O–H groups in total. The van der Waals surface area contributed by atoms with Crippen molar-refractivity contribution in [2.75, 3.05) is 11.9 Å². The first-order valence-corrected chi connectivity index (χ1v) is 7.58. The average molecular weight is 363 g/mol. The predicted molar refractivity (Wildman–Crippen MR) is 93.4 cm³/mol. The van der Waals surface area contributed by atoms with Crippen molar-refractivity contribution in [3.63, 3.8) is 0 Å². The number of rotatable bonds is 5. The van der Waals surface area contributed by atoms with Crippen molar-refractivity contribution in [3.8, 4) is 0 Å². The average Bonchev–Trinajstić information content (AvgIpc) is 2.59. The molecule has 0 aliphatic rings. The SMILES string of the molecule is Cc1ccc(NCC(=O)NNC(=O)c2ccc([N+](=O)[O-])cc2Cl)cc1. The Bertz CT molecular complexity index is 808. The van der Waals surface area contributed by atoms with Crippen molar-refractivity contribution in [2.24, 2.45) is 0 Å². The predicted octanol–water partition coefficient (Wildman–Crippen LogP) is 2.43. The molecule has 0 fully saturated rings. The minimum atomic E-state index is -0.677. The standard InChI is InChI=1S/C16H15ClN4O4/c1-10-2-4-11(5-3-10)18-9-15(22)19-20-16(23)13-7-6-12(21(24)25)8-14(13)17/h2-8,18H,9H2,1H3,(H,19,22)(H,20,23). The van der Waals surface area contributed by atoms with Gasteiger partial charge in [-0.25, -0.2) is 0 Å². The highest BCUT2D eigenvalue weighted by molar-refractivity contribution is 6.34. The summed E-state index contributed by atoms with van der Waals surface area (Å²) in [5, 5.41) is 13.5. The van der Waals surface area contributed by atoms with E-state index < -0.39 is 16.7 Å². The summed E-state index contributed by atoms with van der Waals surface area (Å²) in [6, 6.07) is 10.9. The topological polar surface area (TPSA) is 113 Å². The van der Waals surface area contributed by atoms with Gasteiger partial charge in [0.15, 0.2) is 0 Å². The largest absolute Gasteiger partial charge is 0.376 e. The molecule has 0 unspecified atom stereocenters. The highest BCUT2D eigenvalue weighted by Crippen LogP contribution is 2.22. The van der Waals surface area contributed by atoms with Crippen molar-refractivity contribution in [2.45, 2.75) is 6.92 Å². The Morgan fingerprint density at radius 2 is 1.80 bits per heavy atom. The van der Waals surface area contributed by atoms with Crippen LogP contribution in [0.25, 0.3) is 0 Å². The van der Waals surface area contributed by atoms with Crippen molar-refractivity contribution in [1.29, 1.82) is 0 Å². The number of anilines is 1. The van der Waals surface area contributed by atoms with Crippen LogP contribution in [0.2, 0.25) is 5.02 Å². The van der Waals surface area contributed by atoms with E-state index in [2.05, 4.69) is 16.2 Å². The fourth-order valence-corrected chi connectivity index (χ4v) is 2.15. The fourth-order valence-electron chi connectivity index (χ4n) is 1.89. The quantitative estimate of drug-likeness (QED) is 0.558. The summed E-state index contributed by atoms with van der Waals surface area (Å²) in [4.78, 5) is 33.7. The number of carbonyl (C=O) groups is 2. The van der Waals surface area contributed by atoms with E-state index in [9.17, 15) is 19.7 Å². The van der Waals surface area contributed by atoms with Crippen LogP contribution in [0.1, 0.15) is 15.9 Å². The highest BCUT2D eigenvalue weighted by atomic mass is 35.5. The van der Waals surface area contributed by atoms with Gasteiger partial charge in [-0.05, 0) is 25.1 Å². The monoisotopic (exact) mass is 362 g/mol. The van der Waals surface area contributed by atoms with E-state index in [0.717, 1.165) is 23.4 Å². The molecule has 0 heterocycles. The van der Waals surface area contributed by atoms with Crippen LogP contribution in [0.15, 0.2) is 42.5 Å². The van der Waals surface area contributed by atoms with Crippen molar-refractivity contribution in [3.05, 3.63) is 68.7 Å². The van der Waals surface area contributed by atoms with Crippen LogP contribution in [0.3, 0.4) is 0 Å². The molecule has 0 saturated heterocycles. The lowest BCUT2D eigenvalue weighted by Crippen LogP contribution is -2.44. The number of benzene rings is 2. The number of amides is 2. The van der Waals surface area contributed by atoms with Crippen molar-refractivity contribution in [1.82, 2.24) is 10.9 Å². The number of hydrazine groups is 1. The van der Waals surface area contributed by atoms with E-state index >= 15 is 0 Å². The van der Waals surface area contributed by atoms with Gasteiger partial charge in [0, 0.05) is 17.8 Å². The third-order valence-electron chi connectivity index (χ3n) is 3.23. The maximum Gasteiger partial charge on any atom is 0.271 e. The molecule has 0 radical (unpaired) electrons. The lowest BCUT2D eigenvalue weighted by atomic mass is 10.2. The number of aryl methyl sites for hydroxylation is 1. The van der Waals surface area contributed by atoms with E-state index in [1.807, 2.05) is 31.2 Å². The molecule has 2 rings (SSSR count). The van der Waals surface area contributed by atoms with Gasteiger partial charge in [0.25, 0.3) is 17.5 Å². The number of non-ortho nitro benzene ring substituents is 1. The molecule has 8 nitrogen and oxygen atoms in total. The molecule has 0 bridgehead atoms. The first-order chi connectivity index (χ1) is 11.9. The Balaban J connectivity index is 1.85. The Labute approximate surface area is 148 Å². The van der Waals surface area contributed by atoms with Gasteiger partial charge in [0.05, 0.1) is 22.1 Å². The summed E-state index contributed by atoms with van der Waals surface area (Å²) >= 11 is 5.85. The molecule has 0 aliphatic heterocycles. The second-order valence-electron chi connectivity index (χ2n) is 5.14. The van der Waals surface area contributed by atoms with Crippen LogP contribution < -0.4 is 16.2 Å². The molecular formula is C16H15ClN4O4. The minimum absolute atomic E-state index is 0.0130.